The number of rotatable bonds is 4. The maximum atomic E-state index is 10.9. The third-order valence-corrected chi connectivity index (χ3v) is 1.59. The minimum Gasteiger partial charge on any atom is -0.453 e. The number of methoxy groups -OCH3 is 1. The monoisotopic (exact) mass is 174 g/mol. The highest BCUT2D eigenvalue weighted by atomic mass is 16.5. The fourth-order valence-corrected chi connectivity index (χ4v) is 0.871. The number of hydrogen-bond acceptors (Lipinski definition) is 3. The number of carbonyl (C=O) groups excluding carboxylic acids is 1. The summed E-state index contributed by atoms with van der Waals surface area (Å²) in [5, 5.41) is 0. The minimum atomic E-state index is -0.270. The maximum Gasteiger partial charge on any atom is 0.409 e. The van der Waals surface area contributed by atoms with Gasteiger partial charge >= 0.3 is 6.09 Å². The van der Waals surface area contributed by atoms with Crippen LogP contribution in [0.15, 0.2) is 0 Å². The Bertz CT molecular complexity index is 137. The van der Waals surface area contributed by atoms with Gasteiger partial charge < -0.3 is 14.5 Å². The van der Waals surface area contributed by atoms with E-state index in [1.807, 2.05) is 14.1 Å². The van der Waals surface area contributed by atoms with Gasteiger partial charge in [0.05, 0.1) is 7.11 Å². The van der Waals surface area contributed by atoms with E-state index >= 15 is 0 Å². The molecule has 0 aliphatic rings. The number of ether oxygens (including phenoxy) is 1. The molecule has 0 aromatic heterocycles. The molecule has 0 aromatic rings. The lowest BCUT2D eigenvalue weighted by Gasteiger charge is -2.16. The average Bonchev–Trinajstić information content (AvgIpc) is 2.02. The van der Waals surface area contributed by atoms with Crippen LogP contribution in [0.4, 0.5) is 4.79 Å². The molecule has 0 aliphatic heterocycles. The Labute approximate surface area is 74.1 Å². The Balaban J connectivity index is 3.43. The predicted molar refractivity (Wildman–Crippen MR) is 48.2 cm³/mol. The fraction of sp³-hybridized carbons (Fsp3) is 0.875. The molecule has 0 unspecified atom stereocenters. The van der Waals surface area contributed by atoms with Crippen molar-refractivity contribution in [2.45, 2.75) is 6.42 Å². The molecule has 0 saturated carbocycles. The first-order valence-corrected chi connectivity index (χ1v) is 4.01. The summed E-state index contributed by atoms with van der Waals surface area (Å²) in [6.45, 7) is 1.73. The maximum absolute atomic E-state index is 10.9. The summed E-state index contributed by atoms with van der Waals surface area (Å²) in [6, 6.07) is 0. The third-order valence-electron chi connectivity index (χ3n) is 1.59. The molecule has 12 heavy (non-hydrogen) atoms. The fourth-order valence-electron chi connectivity index (χ4n) is 0.871. The Hall–Kier alpha value is -0.770. The summed E-state index contributed by atoms with van der Waals surface area (Å²) in [6.07, 6.45) is 0.701. The molecule has 4 nitrogen and oxygen atoms in total. The molecular weight excluding hydrogens is 156 g/mol. The Morgan fingerprint density at radius 3 is 2.25 bits per heavy atom. The van der Waals surface area contributed by atoms with Crippen molar-refractivity contribution in [3.63, 3.8) is 0 Å². The number of carbonyl (C=O) groups is 1. The molecule has 0 bridgehead atoms. The molecule has 0 fully saturated rings. The van der Waals surface area contributed by atoms with Gasteiger partial charge in [-0.05, 0) is 27.1 Å². The van der Waals surface area contributed by atoms with Gasteiger partial charge in [-0.3, -0.25) is 0 Å². The average molecular weight is 174 g/mol. The standard InChI is InChI=1S/C8H18N2O2/c1-9(2)6-5-7-10(3)8(11)12-4/h5-7H2,1-4H3. The SMILES string of the molecule is COC(=O)N(C)CCCN(C)C. The van der Waals surface area contributed by atoms with Crippen LogP contribution >= 0.6 is 0 Å². The van der Waals surface area contributed by atoms with E-state index < -0.39 is 0 Å². The minimum absolute atomic E-state index is 0.270. The largest absolute Gasteiger partial charge is 0.453 e. The van der Waals surface area contributed by atoms with E-state index in [1.165, 1.54) is 7.11 Å². The van der Waals surface area contributed by atoms with Crippen molar-refractivity contribution < 1.29 is 9.53 Å². The number of hydrogen-bond donors (Lipinski definition) is 0. The predicted octanol–water partition coefficient (Wildman–Crippen LogP) is 0.636. The van der Waals surface area contributed by atoms with E-state index in [-0.39, 0.29) is 6.09 Å². The lowest BCUT2D eigenvalue weighted by atomic mass is 10.4. The van der Waals surface area contributed by atoms with Crippen molar-refractivity contribution in [1.82, 2.24) is 9.80 Å². The first-order valence-electron chi connectivity index (χ1n) is 4.01. The summed E-state index contributed by atoms with van der Waals surface area (Å²) in [5.41, 5.74) is 0. The topological polar surface area (TPSA) is 32.8 Å². The summed E-state index contributed by atoms with van der Waals surface area (Å²) in [7, 11) is 7.16. The van der Waals surface area contributed by atoms with E-state index in [0.29, 0.717) is 0 Å². The highest BCUT2D eigenvalue weighted by Gasteiger charge is 2.06. The van der Waals surface area contributed by atoms with Gasteiger partial charge in [-0.1, -0.05) is 0 Å². The molecular formula is C8H18N2O2. The van der Waals surface area contributed by atoms with Crippen molar-refractivity contribution in [3.8, 4) is 0 Å². The molecule has 0 rings (SSSR count). The Morgan fingerprint density at radius 1 is 1.25 bits per heavy atom. The smallest absolute Gasteiger partial charge is 0.409 e. The van der Waals surface area contributed by atoms with Gasteiger partial charge in [0.1, 0.15) is 0 Å². The van der Waals surface area contributed by atoms with Crippen molar-refractivity contribution in [3.05, 3.63) is 0 Å². The molecule has 1 amide bonds. The Morgan fingerprint density at radius 2 is 1.83 bits per heavy atom. The van der Waals surface area contributed by atoms with Crippen LogP contribution in [0.1, 0.15) is 6.42 Å². The van der Waals surface area contributed by atoms with Crippen LogP contribution in [0.2, 0.25) is 0 Å². The van der Waals surface area contributed by atoms with E-state index in [1.54, 1.807) is 11.9 Å². The second-order valence-electron chi connectivity index (χ2n) is 3.05. The van der Waals surface area contributed by atoms with Gasteiger partial charge in [-0.25, -0.2) is 4.79 Å². The molecule has 0 radical (unpaired) electrons. The molecule has 0 spiro atoms. The molecule has 72 valence electrons. The van der Waals surface area contributed by atoms with Crippen molar-refractivity contribution >= 4 is 6.09 Å². The van der Waals surface area contributed by atoms with E-state index in [0.717, 1.165) is 19.5 Å². The molecule has 0 N–H and O–H groups in total. The molecule has 4 heteroatoms. The van der Waals surface area contributed by atoms with Gasteiger partial charge in [-0.2, -0.15) is 0 Å². The van der Waals surface area contributed by atoms with Gasteiger partial charge in [0.25, 0.3) is 0 Å². The van der Waals surface area contributed by atoms with Gasteiger partial charge in [0.2, 0.25) is 0 Å². The second kappa shape index (κ2) is 5.83. The molecule has 0 aliphatic carbocycles. The highest BCUT2D eigenvalue weighted by molar-refractivity contribution is 5.66. The zero-order chi connectivity index (χ0) is 9.56. The summed E-state index contributed by atoms with van der Waals surface area (Å²) >= 11 is 0. The highest BCUT2D eigenvalue weighted by Crippen LogP contribution is 1.91. The van der Waals surface area contributed by atoms with Crippen LogP contribution in [-0.2, 0) is 4.74 Å². The van der Waals surface area contributed by atoms with Gasteiger partial charge in [0.15, 0.2) is 0 Å². The third kappa shape index (κ3) is 4.96. The first-order chi connectivity index (χ1) is 5.57. The summed E-state index contributed by atoms with van der Waals surface area (Å²) < 4.78 is 4.54. The molecule has 0 atom stereocenters. The van der Waals surface area contributed by atoms with Crippen molar-refractivity contribution in [2.24, 2.45) is 0 Å². The lowest BCUT2D eigenvalue weighted by Crippen LogP contribution is -2.29. The summed E-state index contributed by atoms with van der Waals surface area (Å²) in [5.74, 6) is 0. The van der Waals surface area contributed by atoms with Crippen LogP contribution in [0, 0.1) is 0 Å². The van der Waals surface area contributed by atoms with E-state index in [9.17, 15) is 4.79 Å². The van der Waals surface area contributed by atoms with Crippen LogP contribution in [0.3, 0.4) is 0 Å². The number of amides is 1. The first kappa shape index (κ1) is 11.2. The van der Waals surface area contributed by atoms with Crippen LogP contribution in [0.25, 0.3) is 0 Å². The normalized spacial score (nSPS) is 10.1. The van der Waals surface area contributed by atoms with Gasteiger partial charge in [0, 0.05) is 13.6 Å². The Kier molecular flexibility index (Phi) is 5.45. The summed E-state index contributed by atoms with van der Waals surface area (Å²) in [4.78, 5) is 14.5. The van der Waals surface area contributed by atoms with Crippen molar-refractivity contribution in [1.29, 1.82) is 0 Å². The quantitative estimate of drug-likeness (QED) is 0.627. The van der Waals surface area contributed by atoms with Crippen LogP contribution in [0.5, 0.6) is 0 Å². The molecule has 0 saturated heterocycles. The second-order valence-corrected chi connectivity index (χ2v) is 3.05. The lowest BCUT2D eigenvalue weighted by molar-refractivity contribution is 0.132. The van der Waals surface area contributed by atoms with Crippen molar-refractivity contribution in [2.75, 3.05) is 41.3 Å². The zero-order valence-electron chi connectivity index (χ0n) is 8.33. The number of nitrogens with zero attached hydrogens (tertiary/aromatic N) is 2. The van der Waals surface area contributed by atoms with Gasteiger partial charge in [-0.15, -0.1) is 0 Å². The van der Waals surface area contributed by atoms with E-state index in [4.69, 9.17) is 0 Å². The molecule has 0 aromatic carbocycles. The zero-order valence-corrected chi connectivity index (χ0v) is 8.33. The van der Waals surface area contributed by atoms with E-state index in [2.05, 4.69) is 9.64 Å². The van der Waals surface area contributed by atoms with Crippen LogP contribution < -0.4 is 0 Å². The molecule has 0 heterocycles. The van der Waals surface area contributed by atoms with Crippen LogP contribution in [-0.4, -0.2) is 57.2 Å².